The van der Waals surface area contributed by atoms with Crippen molar-refractivity contribution >= 4 is 5.97 Å². The Morgan fingerprint density at radius 2 is 1.95 bits per heavy atom. The smallest absolute Gasteiger partial charge is 0.360 e. The SMILES string of the molecule is CCCOc1c(C)nn(C(C)(C)C)c1C(=O)OCC. The molecule has 0 amide bonds. The maximum absolute atomic E-state index is 12.1. The van der Waals surface area contributed by atoms with Crippen LogP contribution < -0.4 is 4.74 Å². The highest BCUT2D eigenvalue weighted by molar-refractivity contribution is 5.91. The van der Waals surface area contributed by atoms with E-state index in [2.05, 4.69) is 5.10 Å². The zero-order valence-electron chi connectivity index (χ0n) is 12.7. The highest BCUT2D eigenvalue weighted by Crippen LogP contribution is 2.29. The third kappa shape index (κ3) is 3.49. The summed E-state index contributed by atoms with van der Waals surface area (Å²) in [4.78, 5) is 12.1. The number of esters is 1. The van der Waals surface area contributed by atoms with Crippen LogP contribution in [0.1, 0.15) is 57.2 Å². The van der Waals surface area contributed by atoms with E-state index in [0.29, 0.717) is 30.4 Å². The van der Waals surface area contributed by atoms with E-state index >= 15 is 0 Å². The summed E-state index contributed by atoms with van der Waals surface area (Å²) in [5.74, 6) is 0.152. The van der Waals surface area contributed by atoms with Crippen molar-refractivity contribution in [2.24, 2.45) is 0 Å². The van der Waals surface area contributed by atoms with Crippen molar-refractivity contribution in [2.75, 3.05) is 13.2 Å². The molecule has 0 saturated carbocycles. The largest absolute Gasteiger partial charge is 0.489 e. The van der Waals surface area contributed by atoms with Crippen molar-refractivity contribution in [1.29, 1.82) is 0 Å². The van der Waals surface area contributed by atoms with E-state index in [1.54, 1.807) is 11.6 Å². The first-order valence-electron chi connectivity index (χ1n) is 6.72. The van der Waals surface area contributed by atoms with Crippen molar-refractivity contribution in [1.82, 2.24) is 9.78 Å². The molecule has 1 aromatic rings. The van der Waals surface area contributed by atoms with Gasteiger partial charge in [-0.3, -0.25) is 0 Å². The van der Waals surface area contributed by atoms with Gasteiger partial charge in [-0.25, -0.2) is 9.48 Å². The quantitative estimate of drug-likeness (QED) is 0.770. The van der Waals surface area contributed by atoms with Crippen LogP contribution in [0.3, 0.4) is 0 Å². The van der Waals surface area contributed by atoms with E-state index in [1.807, 2.05) is 34.6 Å². The predicted molar refractivity (Wildman–Crippen MR) is 73.7 cm³/mol. The summed E-state index contributed by atoms with van der Waals surface area (Å²) in [5.41, 5.74) is 0.812. The average Bonchev–Trinajstić information content (AvgIpc) is 2.64. The number of hydrogen-bond donors (Lipinski definition) is 0. The molecular formula is C14H24N2O3. The fourth-order valence-corrected chi connectivity index (χ4v) is 1.75. The van der Waals surface area contributed by atoms with E-state index in [-0.39, 0.29) is 11.5 Å². The highest BCUT2D eigenvalue weighted by Gasteiger charge is 2.29. The van der Waals surface area contributed by atoms with Crippen molar-refractivity contribution in [3.05, 3.63) is 11.4 Å². The van der Waals surface area contributed by atoms with Crippen LogP contribution in [0.4, 0.5) is 0 Å². The second-order valence-corrected chi connectivity index (χ2v) is 5.41. The summed E-state index contributed by atoms with van der Waals surface area (Å²) in [6.45, 7) is 12.5. The van der Waals surface area contributed by atoms with Gasteiger partial charge in [-0.05, 0) is 41.0 Å². The van der Waals surface area contributed by atoms with Gasteiger partial charge in [0.15, 0.2) is 11.4 Å². The van der Waals surface area contributed by atoms with Gasteiger partial charge in [-0.1, -0.05) is 6.92 Å². The summed E-state index contributed by atoms with van der Waals surface area (Å²) in [6.07, 6.45) is 0.877. The van der Waals surface area contributed by atoms with E-state index in [4.69, 9.17) is 9.47 Å². The van der Waals surface area contributed by atoms with Crippen LogP contribution >= 0.6 is 0 Å². The molecule has 0 radical (unpaired) electrons. The molecule has 0 bridgehead atoms. The molecule has 0 aliphatic rings. The minimum atomic E-state index is -0.385. The lowest BCUT2D eigenvalue weighted by molar-refractivity contribution is 0.0498. The molecule has 5 nitrogen and oxygen atoms in total. The van der Waals surface area contributed by atoms with Gasteiger partial charge >= 0.3 is 5.97 Å². The van der Waals surface area contributed by atoms with Gasteiger partial charge in [0, 0.05) is 0 Å². The molecule has 0 aromatic carbocycles. The molecule has 108 valence electrons. The number of ether oxygens (including phenoxy) is 2. The Hall–Kier alpha value is -1.52. The van der Waals surface area contributed by atoms with Crippen LogP contribution in [0, 0.1) is 6.92 Å². The van der Waals surface area contributed by atoms with Crippen LogP contribution in [0.2, 0.25) is 0 Å². The van der Waals surface area contributed by atoms with Gasteiger partial charge in [0.05, 0.1) is 18.8 Å². The van der Waals surface area contributed by atoms with E-state index < -0.39 is 0 Å². The number of carbonyl (C=O) groups excluding carboxylic acids is 1. The Morgan fingerprint density at radius 3 is 2.42 bits per heavy atom. The Bertz CT molecular complexity index is 444. The summed E-state index contributed by atoms with van der Waals surface area (Å²) < 4.78 is 12.5. The number of carbonyl (C=O) groups is 1. The first-order valence-corrected chi connectivity index (χ1v) is 6.72. The van der Waals surface area contributed by atoms with Crippen LogP contribution in [0.5, 0.6) is 5.75 Å². The zero-order chi connectivity index (χ0) is 14.6. The average molecular weight is 268 g/mol. The van der Waals surface area contributed by atoms with E-state index in [0.717, 1.165) is 6.42 Å². The molecule has 0 unspecified atom stereocenters. The molecule has 0 spiro atoms. The van der Waals surface area contributed by atoms with Gasteiger partial charge < -0.3 is 9.47 Å². The van der Waals surface area contributed by atoms with Crippen molar-refractivity contribution < 1.29 is 14.3 Å². The monoisotopic (exact) mass is 268 g/mol. The molecular weight excluding hydrogens is 244 g/mol. The second-order valence-electron chi connectivity index (χ2n) is 5.41. The predicted octanol–water partition coefficient (Wildman–Crippen LogP) is 2.91. The molecule has 0 aliphatic carbocycles. The second kappa shape index (κ2) is 6.08. The lowest BCUT2D eigenvalue weighted by Gasteiger charge is -2.21. The molecule has 5 heteroatoms. The van der Waals surface area contributed by atoms with E-state index in [1.165, 1.54) is 0 Å². The Labute approximate surface area is 114 Å². The maximum Gasteiger partial charge on any atom is 0.360 e. The van der Waals surface area contributed by atoms with Crippen LogP contribution in [0.25, 0.3) is 0 Å². The van der Waals surface area contributed by atoms with Gasteiger partial charge in [0.25, 0.3) is 0 Å². The molecule has 1 aromatic heterocycles. The van der Waals surface area contributed by atoms with Gasteiger partial charge in [0.2, 0.25) is 0 Å². The molecule has 0 atom stereocenters. The molecule has 0 N–H and O–H groups in total. The minimum absolute atomic E-state index is 0.305. The maximum atomic E-state index is 12.1. The van der Waals surface area contributed by atoms with Crippen molar-refractivity contribution in [3.63, 3.8) is 0 Å². The Morgan fingerprint density at radius 1 is 1.32 bits per heavy atom. The Kier molecular flexibility index (Phi) is 4.97. The number of nitrogens with zero attached hydrogens (tertiary/aromatic N) is 2. The number of aromatic nitrogens is 2. The lowest BCUT2D eigenvalue weighted by atomic mass is 10.1. The molecule has 0 saturated heterocycles. The third-order valence-electron chi connectivity index (χ3n) is 2.56. The van der Waals surface area contributed by atoms with Crippen molar-refractivity contribution in [3.8, 4) is 5.75 Å². The number of hydrogen-bond acceptors (Lipinski definition) is 4. The third-order valence-corrected chi connectivity index (χ3v) is 2.56. The topological polar surface area (TPSA) is 53.4 Å². The first-order chi connectivity index (χ1) is 8.82. The highest BCUT2D eigenvalue weighted by atomic mass is 16.5. The van der Waals surface area contributed by atoms with Crippen LogP contribution in [0.15, 0.2) is 0 Å². The lowest BCUT2D eigenvalue weighted by Crippen LogP contribution is -2.28. The standard InChI is InChI=1S/C14H24N2O3/c1-7-9-19-12-10(3)15-16(14(4,5)6)11(12)13(17)18-8-2/h7-9H2,1-6H3. The molecule has 1 rings (SSSR count). The summed E-state index contributed by atoms with van der Waals surface area (Å²) in [7, 11) is 0. The fourth-order valence-electron chi connectivity index (χ4n) is 1.75. The van der Waals surface area contributed by atoms with E-state index in [9.17, 15) is 4.79 Å². The number of rotatable bonds is 5. The normalized spacial score (nSPS) is 11.5. The zero-order valence-corrected chi connectivity index (χ0v) is 12.7. The Balaban J connectivity index is 3.29. The van der Waals surface area contributed by atoms with Gasteiger partial charge in [0.1, 0.15) is 5.69 Å². The van der Waals surface area contributed by atoms with Crippen LogP contribution in [-0.4, -0.2) is 29.0 Å². The summed E-state index contributed by atoms with van der Waals surface area (Å²) in [5, 5.41) is 4.43. The molecule has 0 fully saturated rings. The van der Waals surface area contributed by atoms with Gasteiger partial charge in [-0.15, -0.1) is 0 Å². The van der Waals surface area contributed by atoms with Gasteiger partial charge in [-0.2, -0.15) is 5.10 Å². The minimum Gasteiger partial charge on any atom is -0.489 e. The van der Waals surface area contributed by atoms with Crippen molar-refractivity contribution in [2.45, 2.75) is 53.5 Å². The molecule has 0 aliphatic heterocycles. The van der Waals surface area contributed by atoms with Crippen LogP contribution in [-0.2, 0) is 10.3 Å². The molecule has 19 heavy (non-hydrogen) atoms. The summed E-state index contributed by atoms with van der Waals surface area (Å²) in [6, 6.07) is 0. The fraction of sp³-hybridized carbons (Fsp3) is 0.714. The molecule has 1 heterocycles. The first kappa shape index (κ1) is 15.5. The number of aryl methyl sites for hydroxylation is 1. The summed E-state index contributed by atoms with van der Waals surface area (Å²) >= 11 is 0.